The lowest BCUT2D eigenvalue weighted by molar-refractivity contribution is 0.297. The van der Waals surface area contributed by atoms with E-state index in [1.54, 1.807) is 0 Å². The zero-order valence-corrected chi connectivity index (χ0v) is 9.37. The minimum Gasteiger partial charge on any atom is -0.490 e. The lowest BCUT2D eigenvalue weighted by Crippen LogP contribution is -2.12. The molecule has 0 bridgehead atoms. The number of hydrogen-bond acceptors (Lipinski definition) is 3. The molecule has 0 spiro atoms. The summed E-state index contributed by atoms with van der Waals surface area (Å²) in [6.07, 6.45) is 3.45. The molecule has 1 saturated heterocycles. The van der Waals surface area contributed by atoms with Gasteiger partial charge in [0, 0.05) is 12.5 Å². The summed E-state index contributed by atoms with van der Waals surface area (Å²) < 4.78 is 11.3. The predicted octanol–water partition coefficient (Wildman–Crippen LogP) is 2.27. The maximum atomic E-state index is 5.70. The van der Waals surface area contributed by atoms with Crippen molar-refractivity contribution in [3.63, 3.8) is 0 Å². The number of rotatable bonds is 1. The highest BCUT2D eigenvalue weighted by Crippen LogP contribution is 2.34. The smallest absolute Gasteiger partial charge is 0.161 e. The summed E-state index contributed by atoms with van der Waals surface area (Å²) in [4.78, 5) is 0. The summed E-state index contributed by atoms with van der Waals surface area (Å²) in [5, 5.41) is 3.50. The second-order valence-electron chi connectivity index (χ2n) is 4.41. The van der Waals surface area contributed by atoms with E-state index >= 15 is 0 Å². The molecule has 86 valence electrons. The third kappa shape index (κ3) is 1.87. The van der Waals surface area contributed by atoms with Crippen molar-refractivity contribution < 1.29 is 9.47 Å². The highest BCUT2D eigenvalue weighted by Gasteiger charge is 2.18. The summed E-state index contributed by atoms with van der Waals surface area (Å²) in [6, 6.07) is 6.81. The molecule has 3 rings (SSSR count). The monoisotopic (exact) mass is 219 g/mol. The van der Waals surface area contributed by atoms with Gasteiger partial charge < -0.3 is 14.8 Å². The van der Waals surface area contributed by atoms with Crippen LogP contribution in [0.2, 0.25) is 0 Å². The summed E-state index contributed by atoms with van der Waals surface area (Å²) >= 11 is 0. The van der Waals surface area contributed by atoms with E-state index in [4.69, 9.17) is 9.47 Å². The standard InChI is InChI=1S/C13H17NO2/c1-3-11(14-6-1)10-4-5-12-13(9-10)16-8-2-7-15-12/h4-5,9,11,14H,1-3,6-8H2/t11-/m0/s1. The normalized spacial score (nSPS) is 24.1. The molecule has 16 heavy (non-hydrogen) atoms. The molecule has 0 aromatic heterocycles. The maximum Gasteiger partial charge on any atom is 0.161 e. The highest BCUT2D eigenvalue weighted by atomic mass is 16.5. The minimum absolute atomic E-state index is 0.497. The molecule has 2 aliphatic rings. The second kappa shape index (κ2) is 4.34. The Kier molecular flexibility index (Phi) is 2.70. The topological polar surface area (TPSA) is 30.5 Å². The van der Waals surface area contributed by atoms with Crippen molar-refractivity contribution in [2.75, 3.05) is 19.8 Å². The van der Waals surface area contributed by atoms with E-state index in [1.165, 1.54) is 18.4 Å². The minimum atomic E-state index is 0.497. The summed E-state index contributed by atoms with van der Waals surface area (Å²) in [6.45, 7) is 2.64. The molecule has 2 aliphatic heterocycles. The van der Waals surface area contributed by atoms with Crippen LogP contribution < -0.4 is 14.8 Å². The van der Waals surface area contributed by atoms with Gasteiger partial charge in [0.2, 0.25) is 0 Å². The van der Waals surface area contributed by atoms with Crippen LogP contribution in [0.4, 0.5) is 0 Å². The molecular formula is C13H17NO2. The van der Waals surface area contributed by atoms with E-state index in [0.29, 0.717) is 6.04 Å². The van der Waals surface area contributed by atoms with E-state index in [-0.39, 0.29) is 0 Å². The molecule has 0 radical (unpaired) electrons. The molecule has 0 amide bonds. The first kappa shape index (κ1) is 9.97. The third-order valence-electron chi connectivity index (χ3n) is 3.23. The summed E-state index contributed by atoms with van der Waals surface area (Å²) in [7, 11) is 0. The Bertz CT molecular complexity index is 372. The fraction of sp³-hybridized carbons (Fsp3) is 0.538. The van der Waals surface area contributed by atoms with Crippen LogP contribution in [-0.2, 0) is 0 Å². The molecule has 0 saturated carbocycles. The third-order valence-corrected chi connectivity index (χ3v) is 3.23. The Balaban J connectivity index is 1.88. The lowest BCUT2D eigenvalue weighted by atomic mass is 10.0. The van der Waals surface area contributed by atoms with Gasteiger partial charge >= 0.3 is 0 Å². The van der Waals surface area contributed by atoms with Gasteiger partial charge in [-0.05, 0) is 37.1 Å². The van der Waals surface area contributed by atoms with Gasteiger partial charge in [0.25, 0.3) is 0 Å². The first-order valence-corrected chi connectivity index (χ1v) is 6.06. The van der Waals surface area contributed by atoms with Gasteiger partial charge in [0.05, 0.1) is 13.2 Å². The van der Waals surface area contributed by atoms with Gasteiger partial charge in [0.15, 0.2) is 11.5 Å². The predicted molar refractivity (Wildman–Crippen MR) is 62.0 cm³/mol. The molecule has 1 aromatic carbocycles. The van der Waals surface area contributed by atoms with Crippen molar-refractivity contribution in [2.24, 2.45) is 0 Å². The number of ether oxygens (including phenoxy) is 2. The first-order valence-electron chi connectivity index (χ1n) is 6.06. The fourth-order valence-corrected chi connectivity index (χ4v) is 2.37. The second-order valence-corrected chi connectivity index (χ2v) is 4.41. The van der Waals surface area contributed by atoms with Crippen molar-refractivity contribution in [3.8, 4) is 11.5 Å². The van der Waals surface area contributed by atoms with Crippen molar-refractivity contribution in [1.29, 1.82) is 0 Å². The molecule has 1 aromatic rings. The quantitative estimate of drug-likeness (QED) is 0.786. The van der Waals surface area contributed by atoms with Crippen molar-refractivity contribution in [1.82, 2.24) is 5.32 Å². The average Bonchev–Trinajstić information content (AvgIpc) is 2.74. The van der Waals surface area contributed by atoms with Crippen LogP contribution in [0.25, 0.3) is 0 Å². The Morgan fingerprint density at radius 2 is 1.94 bits per heavy atom. The van der Waals surface area contributed by atoms with Gasteiger partial charge in [-0.1, -0.05) is 6.07 Å². The molecule has 0 aliphatic carbocycles. The highest BCUT2D eigenvalue weighted by molar-refractivity contribution is 5.44. The van der Waals surface area contributed by atoms with E-state index in [2.05, 4.69) is 17.4 Å². The molecule has 3 nitrogen and oxygen atoms in total. The fourth-order valence-electron chi connectivity index (χ4n) is 2.37. The van der Waals surface area contributed by atoms with Crippen LogP contribution >= 0.6 is 0 Å². The van der Waals surface area contributed by atoms with Crippen molar-refractivity contribution >= 4 is 0 Å². The lowest BCUT2D eigenvalue weighted by Gasteiger charge is -2.13. The zero-order chi connectivity index (χ0) is 10.8. The number of benzene rings is 1. The molecule has 0 unspecified atom stereocenters. The molecule has 3 heteroatoms. The Labute approximate surface area is 95.8 Å². The molecule has 1 N–H and O–H groups in total. The first-order chi connectivity index (χ1) is 7.93. The van der Waals surface area contributed by atoms with E-state index in [9.17, 15) is 0 Å². The van der Waals surface area contributed by atoms with Gasteiger partial charge in [0.1, 0.15) is 0 Å². The van der Waals surface area contributed by atoms with Crippen LogP contribution in [0.15, 0.2) is 18.2 Å². The van der Waals surface area contributed by atoms with Crippen molar-refractivity contribution in [3.05, 3.63) is 23.8 Å². The van der Waals surface area contributed by atoms with Crippen LogP contribution in [0, 0.1) is 0 Å². The van der Waals surface area contributed by atoms with Crippen LogP contribution in [-0.4, -0.2) is 19.8 Å². The van der Waals surface area contributed by atoms with Crippen LogP contribution in [0.1, 0.15) is 30.9 Å². The molecule has 1 fully saturated rings. The van der Waals surface area contributed by atoms with E-state index in [1.807, 2.05) is 6.07 Å². The van der Waals surface area contributed by atoms with E-state index < -0.39 is 0 Å². The Morgan fingerprint density at radius 1 is 1.06 bits per heavy atom. The van der Waals surface area contributed by atoms with Crippen LogP contribution in [0.3, 0.4) is 0 Å². The largest absolute Gasteiger partial charge is 0.490 e. The molecular weight excluding hydrogens is 202 g/mol. The average molecular weight is 219 g/mol. The van der Waals surface area contributed by atoms with Crippen molar-refractivity contribution in [2.45, 2.75) is 25.3 Å². The Morgan fingerprint density at radius 3 is 2.75 bits per heavy atom. The SMILES string of the molecule is c1cc2c(cc1[C@@H]1CCCN1)OCCCO2. The molecule has 2 heterocycles. The zero-order valence-electron chi connectivity index (χ0n) is 9.37. The number of fused-ring (bicyclic) bond motifs is 1. The van der Waals surface area contributed by atoms with E-state index in [0.717, 1.165) is 37.7 Å². The Hall–Kier alpha value is -1.22. The summed E-state index contributed by atoms with van der Waals surface area (Å²) in [5.74, 6) is 1.79. The number of nitrogens with one attached hydrogen (secondary N) is 1. The summed E-state index contributed by atoms with van der Waals surface area (Å²) in [5.41, 5.74) is 1.32. The molecule has 1 atom stereocenters. The van der Waals surface area contributed by atoms with Crippen LogP contribution in [0.5, 0.6) is 11.5 Å². The number of hydrogen-bond donors (Lipinski definition) is 1. The van der Waals surface area contributed by atoms with Gasteiger partial charge in [-0.2, -0.15) is 0 Å². The maximum absolute atomic E-state index is 5.70. The van der Waals surface area contributed by atoms with Gasteiger partial charge in [-0.25, -0.2) is 0 Å². The van der Waals surface area contributed by atoms with Gasteiger partial charge in [-0.15, -0.1) is 0 Å². The van der Waals surface area contributed by atoms with Gasteiger partial charge in [-0.3, -0.25) is 0 Å².